The van der Waals surface area contributed by atoms with Gasteiger partial charge in [-0.1, -0.05) is 12.1 Å². The molecule has 0 aliphatic rings. The smallest absolute Gasteiger partial charge is 0.341 e. The van der Waals surface area contributed by atoms with Crippen LogP contribution in [0.25, 0.3) is 0 Å². The predicted octanol–water partition coefficient (Wildman–Crippen LogP) is -1.27. The summed E-state index contributed by atoms with van der Waals surface area (Å²) >= 11 is 0. The van der Waals surface area contributed by atoms with E-state index in [2.05, 4.69) is 0 Å². The summed E-state index contributed by atoms with van der Waals surface area (Å²) in [6.07, 6.45) is 3.45. The first kappa shape index (κ1) is 15.2. The fraction of sp³-hybridized carbons (Fsp3) is 0.143. The number of ether oxygens (including phenoxy) is 1. The minimum Gasteiger partial charge on any atom is -1.00 e. The first-order valence-electron chi connectivity index (χ1n) is 5.54. The summed E-state index contributed by atoms with van der Waals surface area (Å²) in [6, 6.07) is 11.0. The fourth-order valence-corrected chi connectivity index (χ4v) is 1.73. The van der Waals surface area contributed by atoms with Crippen molar-refractivity contribution >= 4 is 5.97 Å². The van der Waals surface area contributed by atoms with Gasteiger partial charge < -0.3 is 26.8 Å². The van der Waals surface area contributed by atoms with Gasteiger partial charge in [0.05, 0.1) is 7.11 Å². The lowest BCUT2D eigenvalue weighted by atomic mass is 10.2. The first-order valence-corrected chi connectivity index (χ1v) is 5.54. The number of nitrogens with zero attached hydrogens (tertiary/aromatic N) is 1. The first-order chi connectivity index (χ1) is 8.69. The second kappa shape index (κ2) is 6.89. The predicted molar refractivity (Wildman–Crippen MR) is 65.7 cm³/mol. The molecule has 0 amide bonds. The minimum atomic E-state index is -0.921. The van der Waals surface area contributed by atoms with Crippen molar-refractivity contribution in [3.63, 3.8) is 0 Å². The monoisotopic (exact) mass is 323 g/mol. The second-order valence-electron chi connectivity index (χ2n) is 3.92. The van der Waals surface area contributed by atoms with Crippen LogP contribution in [0.3, 0.4) is 0 Å². The highest BCUT2D eigenvalue weighted by molar-refractivity contribution is 5.86. The second-order valence-corrected chi connectivity index (χ2v) is 3.92. The summed E-state index contributed by atoms with van der Waals surface area (Å²) in [7, 11) is 1.62. The Bertz CT molecular complexity index is 572. The molecule has 4 nitrogen and oxygen atoms in total. The molecule has 2 aromatic rings. The van der Waals surface area contributed by atoms with Crippen LogP contribution in [-0.4, -0.2) is 18.2 Å². The number of aromatic nitrogens is 1. The normalized spacial score (nSPS) is 9.53. The van der Waals surface area contributed by atoms with Gasteiger partial charge >= 0.3 is 5.97 Å². The summed E-state index contributed by atoms with van der Waals surface area (Å²) < 4.78 is 6.98. The Morgan fingerprint density at radius 2 is 2.11 bits per heavy atom. The lowest BCUT2D eigenvalue weighted by Crippen LogP contribution is -3.00. The highest BCUT2D eigenvalue weighted by Crippen LogP contribution is 2.12. The highest BCUT2D eigenvalue weighted by atomic mass is 79.9. The van der Waals surface area contributed by atoms with E-state index in [0.717, 1.165) is 11.3 Å². The Morgan fingerprint density at radius 3 is 2.79 bits per heavy atom. The van der Waals surface area contributed by atoms with Gasteiger partial charge in [0.25, 0.3) is 0 Å². The summed E-state index contributed by atoms with van der Waals surface area (Å²) in [5.74, 6) is -0.127. The molecule has 0 saturated carbocycles. The van der Waals surface area contributed by atoms with E-state index in [-0.39, 0.29) is 22.5 Å². The highest BCUT2D eigenvalue weighted by Gasteiger charge is 2.09. The Morgan fingerprint density at radius 1 is 1.32 bits per heavy atom. The number of aromatic carboxylic acids is 1. The van der Waals surface area contributed by atoms with E-state index in [1.807, 2.05) is 35.0 Å². The van der Waals surface area contributed by atoms with Gasteiger partial charge in [-0.2, -0.15) is 4.57 Å². The number of carboxylic acid groups (broad SMARTS) is 1. The van der Waals surface area contributed by atoms with Gasteiger partial charge in [0.1, 0.15) is 11.3 Å². The van der Waals surface area contributed by atoms with Gasteiger partial charge in [0.2, 0.25) is 0 Å². The van der Waals surface area contributed by atoms with Crippen LogP contribution < -0.4 is 26.3 Å². The van der Waals surface area contributed by atoms with Crippen LogP contribution in [-0.2, 0) is 6.54 Å². The van der Waals surface area contributed by atoms with Crippen molar-refractivity contribution in [2.75, 3.05) is 7.11 Å². The summed E-state index contributed by atoms with van der Waals surface area (Å²) in [5.41, 5.74) is 1.34. The van der Waals surface area contributed by atoms with Crippen LogP contribution >= 0.6 is 0 Å². The topological polar surface area (TPSA) is 50.4 Å². The number of carboxylic acids is 1. The van der Waals surface area contributed by atoms with Gasteiger partial charge in [0, 0.05) is 11.6 Å². The van der Waals surface area contributed by atoms with Crippen molar-refractivity contribution < 1.29 is 36.2 Å². The molecule has 1 heterocycles. The summed E-state index contributed by atoms with van der Waals surface area (Å²) in [4.78, 5) is 10.9. The van der Waals surface area contributed by atoms with Gasteiger partial charge in [-0.05, 0) is 18.2 Å². The van der Waals surface area contributed by atoms with Gasteiger partial charge in [-0.25, -0.2) is 4.79 Å². The van der Waals surface area contributed by atoms with Gasteiger partial charge in [-0.15, -0.1) is 0 Å². The molecule has 1 aromatic heterocycles. The molecule has 0 bridgehead atoms. The molecule has 0 atom stereocenters. The maximum atomic E-state index is 10.9. The number of benzene rings is 1. The maximum absolute atomic E-state index is 10.9. The van der Waals surface area contributed by atoms with Crippen LogP contribution in [0.5, 0.6) is 5.75 Å². The quantitative estimate of drug-likeness (QED) is 0.714. The SMILES string of the molecule is COc1cccc(C[n+]2cccc(C(=O)O)c2)c1.[Br-]. The molecule has 19 heavy (non-hydrogen) atoms. The van der Waals surface area contributed by atoms with E-state index < -0.39 is 5.97 Å². The zero-order valence-corrected chi connectivity index (χ0v) is 12.0. The third-order valence-corrected chi connectivity index (χ3v) is 2.60. The van der Waals surface area contributed by atoms with Crippen molar-refractivity contribution in [1.82, 2.24) is 0 Å². The van der Waals surface area contributed by atoms with Crippen molar-refractivity contribution in [2.24, 2.45) is 0 Å². The summed E-state index contributed by atoms with van der Waals surface area (Å²) in [5, 5.41) is 8.92. The van der Waals surface area contributed by atoms with Crippen LogP contribution in [0, 0.1) is 0 Å². The molecule has 100 valence electrons. The van der Waals surface area contributed by atoms with Crippen LogP contribution in [0.4, 0.5) is 0 Å². The van der Waals surface area contributed by atoms with E-state index in [0.29, 0.717) is 6.54 Å². The number of hydrogen-bond acceptors (Lipinski definition) is 2. The van der Waals surface area contributed by atoms with Crippen LogP contribution in [0.1, 0.15) is 15.9 Å². The maximum Gasteiger partial charge on any atom is 0.341 e. The number of rotatable bonds is 4. The van der Waals surface area contributed by atoms with Crippen molar-refractivity contribution in [3.8, 4) is 5.75 Å². The van der Waals surface area contributed by atoms with Gasteiger partial charge in [-0.3, -0.25) is 0 Å². The van der Waals surface area contributed by atoms with E-state index in [1.54, 1.807) is 25.4 Å². The lowest BCUT2D eigenvalue weighted by molar-refractivity contribution is -0.688. The number of hydrogen-bond donors (Lipinski definition) is 1. The molecule has 0 unspecified atom stereocenters. The van der Waals surface area contributed by atoms with E-state index >= 15 is 0 Å². The summed E-state index contributed by atoms with van der Waals surface area (Å²) in [6.45, 7) is 0.609. The molecule has 1 aromatic carbocycles. The van der Waals surface area contributed by atoms with Crippen molar-refractivity contribution in [1.29, 1.82) is 0 Å². The van der Waals surface area contributed by atoms with Crippen molar-refractivity contribution in [3.05, 3.63) is 59.9 Å². The van der Waals surface area contributed by atoms with E-state index in [4.69, 9.17) is 9.84 Å². The fourth-order valence-electron chi connectivity index (χ4n) is 1.73. The van der Waals surface area contributed by atoms with Gasteiger partial charge in [0.15, 0.2) is 18.9 Å². The van der Waals surface area contributed by atoms with Crippen LogP contribution in [0.15, 0.2) is 48.8 Å². The lowest BCUT2D eigenvalue weighted by Gasteiger charge is -2.02. The number of pyridine rings is 1. The standard InChI is InChI=1S/C14H13NO3.BrH/c1-18-13-6-2-4-11(8-13)9-15-7-3-5-12(10-15)14(16)17;/h2-8,10H,9H2,1H3;1H. The average Bonchev–Trinajstić information content (AvgIpc) is 2.39. The molecular weight excluding hydrogens is 310 g/mol. The zero-order chi connectivity index (χ0) is 13.0. The molecule has 0 spiro atoms. The Labute approximate surface area is 122 Å². The zero-order valence-electron chi connectivity index (χ0n) is 10.4. The average molecular weight is 324 g/mol. The number of carbonyl (C=O) groups is 1. The molecular formula is C14H14BrNO3. The van der Waals surface area contributed by atoms with Crippen LogP contribution in [0.2, 0.25) is 0 Å². The molecule has 2 rings (SSSR count). The van der Waals surface area contributed by atoms with Crippen molar-refractivity contribution in [2.45, 2.75) is 6.54 Å². The molecule has 0 radical (unpaired) electrons. The molecule has 1 N–H and O–H groups in total. The molecule has 0 saturated heterocycles. The number of methoxy groups -OCH3 is 1. The van der Waals surface area contributed by atoms with E-state index in [9.17, 15) is 4.79 Å². The molecule has 0 aliphatic heterocycles. The van der Waals surface area contributed by atoms with E-state index in [1.165, 1.54) is 0 Å². The molecule has 5 heteroatoms. The Kier molecular flexibility index (Phi) is 5.51. The number of halogens is 1. The molecule has 0 fully saturated rings. The Hall–Kier alpha value is -1.88. The molecule has 0 aliphatic carbocycles. The minimum absolute atomic E-state index is 0. The third kappa shape index (κ3) is 4.06. The Balaban J connectivity index is 0.00000180. The third-order valence-electron chi connectivity index (χ3n) is 2.60. The largest absolute Gasteiger partial charge is 1.00 e.